The summed E-state index contributed by atoms with van der Waals surface area (Å²) in [7, 11) is 0. The Hall–Kier alpha value is -2.01. The average molecular weight is 404 g/mol. The first-order chi connectivity index (χ1) is 13.8. The molecule has 2 aromatic carbocycles. The first-order valence-electron chi connectivity index (χ1n) is 10.3. The summed E-state index contributed by atoms with van der Waals surface area (Å²) in [6.07, 6.45) is -1.03. The zero-order chi connectivity index (χ0) is 20.8. The normalized spacial score (nSPS) is 20.0. The molecule has 1 aliphatic carbocycles. The highest BCUT2D eigenvalue weighted by Crippen LogP contribution is 2.47. The second kappa shape index (κ2) is 7.67. The van der Waals surface area contributed by atoms with Crippen molar-refractivity contribution in [2.45, 2.75) is 64.7 Å². The zero-order valence-corrected chi connectivity index (χ0v) is 17.2. The standard InChI is InChI=1S/C24H27F3O2/c1-14-4-5-20-19(14)6-7-21(24(25,26)27)23(20)22-15(2)12-18(13-16(22)3)29-17-8-10-28-11-9-17/h6-7,12-14,17H,4-5,8-11H2,1-3H3. The second-order valence-electron chi connectivity index (χ2n) is 8.36. The molecule has 2 nitrogen and oxygen atoms in total. The van der Waals surface area contributed by atoms with Crippen molar-refractivity contribution in [1.82, 2.24) is 0 Å². The number of ether oxygens (including phenoxy) is 2. The fourth-order valence-corrected chi connectivity index (χ4v) is 4.81. The van der Waals surface area contributed by atoms with E-state index in [1.54, 1.807) is 6.07 Å². The van der Waals surface area contributed by atoms with Crippen molar-refractivity contribution in [3.63, 3.8) is 0 Å². The third-order valence-corrected chi connectivity index (χ3v) is 6.24. The molecule has 29 heavy (non-hydrogen) atoms. The van der Waals surface area contributed by atoms with Gasteiger partial charge < -0.3 is 9.47 Å². The van der Waals surface area contributed by atoms with Crippen molar-refractivity contribution >= 4 is 0 Å². The van der Waals surface area contributed by atoms with Crippen LogP contribution in [-0.4, -0.2) is 19.3 Å². The molecule has 0 bridgehead atoms. The summed E-state index contributed by atoms with van der Waals surface area (Å²) in [6.45, 7) is 7.23. The Morgan fingerprint density at radius 3 is 2.24 bits per heavy atom. The molecule has 2 aromatic rings. The lowest BCUT2D eigenvalue weighted by atomic mass is 9.86. The molecule has 0 aromatic heterocycles. The number of alkyl halides is 3. The molecule has 0 amide bonds. The maximum Gasteiger partial charge on any atom is 0.417 e. The van der Waals surface area contributed by atoms with Crippen LogP contribution in [0.15, 0.2) is 24.3 Å². The van der Waals surface area contributed by atoms with Gasteiger partial charge in [0.2, 0.25) is 0 Å². The highest BCUT2D eigenvalue weighted by Gasteiger charge is 2.37. The van der Waals surface area contributed by atoms with E-state index in [0.717, 1.165) is 47.3 Å². The van der Waals surface area contributed by atoms with Gasteiger partial charge in [0, 0.05) is 12.8 Å². The first kappa shape index (κ1) is 20.3. The summed E-state index contributed by atoms with van der Waals surface area (Å²) < 4.78 is 53.2. The van der Waals surface area contributed by atoms with Gasteiger partial charge in [0.1, 0.15) is 11.9 Å². The Bertz CT molecular complexity index is 888. The van der Waals surface area contributed by atoms with E-state index in [2.05, 4.69) is 6.92 Å². The molecule has 0 saturated carbocycles. The van der Waals surface area contributed by atoms with Gasteiger partial charge in [-0.2, -0.15) is 13.2 Å². The number of benzene rings is 2. The lowest BCUT2D eigenvalue weighted by molar-refractivity contribution is -0.137. The van der Waals surface area contributed by atoms with Gasteiger partial charge in [-0.1, -0.05) is 13.0 Å². The van der Waals surface area contributed by atoms with Crippen LogP contribution in [0.1, 0.15) is 59.9 Å². The van der Waals surface area contributed by atoms with E-state index in [1.165, 1.54) is 6.07 Å². The summed E-state index contributed by atoms with van der Waals surface area (Å²) in [5, 5.41) is 0. The third-order valence-electron chi connectivity index (χ3n) is 6.24. The summed E-state index contributed by atoms with van der Waals surface area (Å²) >= 11 is 0. The van der Waals surface area contributed by atoms with E-state index in [9.17, 15) is 13.2 Å². The number of fused-ring (bicyclic) bond motifs is 1. The van der Waals surface area contributed by atoms with Crippen molar-refractivity contribution in [2.75, 3.05) is 13.2 Å². The topological polar surface area (TPSA) is 18.5 Å². The van der Waals surface area contributed by atoms with E-state index in [0.29, 0.717) is 36.7 Å². The molecule has 0 radical (unpaired) electrons. The van der Waals surface area contributed by atoms with Crippen molar-refractivity contribution in [3.8, 4) is 16.9 Å². The average Bonchev–Trinajstić information content (AvgIpc) is 3.03. The minimum Gasteiger partial charge on any atom is -0.490 e. The number of halogens is 3. The zero-order valence-electron chi connectivity index (χ0n) is 17.2. The Balaban J connectivity index is 1.80. The van der Waals surface area contributed by atoms with Crippen LogP contribution in [0.3, 0.4) is 0 Å². The molecule has 0 N–H and O–H groups in total. The van der Waals surface area contributed by atoms with Crippen LogP contribution >= 0.6 is 0 Å². The predicted molar refractivity (Wildman–Crippen MR) is 108 cm³/mol. The molecule has 1 saturated heterocycles. The Morgan fingerprint density at radius 2 is 1.62 bits per heavy atom. The van der Waals surface area contributed by atoms with Gasteiger partial charge >= 0.3 is 6.18 Å². The Morgan fingerprint density at radius 1 is 0.966 bits per heavy atom. The van der Waals surface area contributed by atoms with Crippen LogP contribution in [0.25, 0.3) is 11.1 Å². The lowest BCUT2D eigenvalue weighted by Crippen LogP contribution is -2.25. The van der Waals surface area contributed by atoms with Crippen molar-refractivity contribution in [2.24, 2.45) is 0 Å². The quantitative estimate of drug-likeness (QED) is 0.574. The molecule has 5 heteroatoms. The predicted octanol–water partition coefficient (Wildman–Crippen LogP) is 6.60. The monoisotopic (exact) mass is 404 g/mol. The molecular formula is C24H27F3O2. The van der Waals surface area contributed by atoms with Gasteiger partial charge in [0.05, 0.1) is 18.8 Å². The smallest absolute Gasteiger partial charge is 0.417 e. The molecule has 1 heterocycles. The van der Waals surface area contributed by atoms with Crippen molar-refractivity contribution < 1.29 is 22.6 Å². The van der Waals surface area contributed by atoms with Gasteiger partial charge in [-0.3, -0.25) is 0 Å². The minimum atomic E-state index is -4.38. The van der Waals surface area contributed by atoms with Crippen LogP contribution in [-0.2, 0) is 17.3 Å². The van der Waals surface area contributed by atoms with Gasteiger partial charge in [-0.15, -0.1) is 0 Å². The van der Waals surface area contributed by atoms with Gasteiger partial charge in [-0.25, -0.2) is 0 Å². The van der Waals surface area contributed by atoms with E-state index >= 15 is 0 Å². The summed E-state index contributed by atoms with van der Waals surface area (Å²) in [4.78, 5) is 0. The number of hydrogen-bond acceptors (Lipinski definition) is 2. The molecular weight excluding hydrogens is 377 g/mol. The van der Waals surface area contributed by atoms with E-state index < -0.39 is 11.7 Å². The number of rotatable bonds is 3. The van der Waals surface area contributed by atoms with Gasteiger partial charge in [0.15, 0.2) is 0 Å². The maximum atomic E-state index is 13.9. The molecule has 2 aliphatic rings. The lowest BCUT2D eigenvalue weighted by Gasteiger charge is -2.25. The molecule has 1 aliphatic heterocycles. The van der Waals surface area contributed by atoms with Crippen LogP contribution < -0.4 is 4.74 Å². The third kappa shape index (κ3) is 3.89. The van der Waals surface area contributed by atoms with Crippen molar-refractivity contribution in [3.05, 3.63) is 52.1 Å². The van der Waals surface area contributed by atoms with Crippen LogP contribution in [0.4, 0.5) is 13.2 Å². The summed E-state index contributed by atoms with van der Waals surface area (Å²) in [6, 6.07) is 6.71. The van der Waals surface area contributed by atoms with Crippen molar-refractivity contribution in [1.29, 1.82) is 0 Å². The fourth-order valence-electron chi connectivity index (χ4n) is 4.81. The highest BCUT2D eigenvalue weighted by atomic mass is 19.4. The maximum absolute atomic E-state index is 13.9. The molecule has 4 rings (SSSR count). The molecule has 0 spiro atoms. The summed E-state index contributed by atoms with van der Waals surface area (Å²) in [5.74, 6) is 1.02. The van der Waals surface area contributed by atoms with Crippen LogP contribution in [0.2, 0.25) is 0 Å². The molecule has 156 valence electrons. The largest absolute Gasteiger partial charge is 0.490 e. The van der Waals surface area contributed by atoms with Gasteiger partial charge in [-0.05, 0) is 84.2 Å². The number of aryl methyl sites for hydroxylation is 2. The summed E-state index contributed by atoms with van der Waals surface area (Å²) in [5.41, 5.74) is 4.09. The minimum absolute atomic E-state index is 0.0981. The van der Waals surface area contributed by atoms with Crippen LogP contribution in [0.5, 0.6) is 5.75 Å². The molecule has 1 fully saturated rings. The SMILES string of the molecule is Cc1cc(OC2CCOCC2)cc(C)c1-c1c(C(F)(F)F)ccc2c1CCC2C. The fraction of sp³-hybridized carbons (Fsp3) is 0.500. The van der Waals surface area contributed by atoms with Crippen LogP contribution in [0, 0.1) is 13.8 Å². The first-order valence-corrected chi connectivity index (χ1v) is 10.3. The number of hydrogen-bond donors (Lipinski definition) is 0. The van der Waals surface area contributed by atoms with Gasteiger partial charge in [0.25, 0.3) is 0 Å². The van der Waals surface area contributed by atoms with E-state index in [1.807, 2.05) is 26.0 Å². The Labute approximate surface area is 170 Å². The van der Waals surface area contributed by atoms with E-state index in [4.69, 9.17) is 9.47 Å². The van der Waals surface area contributed by atoms with E-state index in [-0.39, 0.29) is 6.10 Å². The molecule has 1 atom stereocenters. The second-order valence-corrected chi connectivity index (χ2v) is 8.36. The highest BCUT2D eigenvalue weighted by molar-refractivity contribution is 5.79. The Kier molecular flexibility index (Phi) is 5.36. The molecule has 1 unspecified atom stereocenters.